The van der Waals surface area contributed by atoms with Gasteiger partial charge >= 0.3 is 0 Å². The standard InChI is InChI=1S/C17H14N2O2/c1-20-12-5-3-4-11(8-12)17-15(10-18)14-9-13(21-2)6-7-16(14)19-17/h3-9,19H,1-2H3. The Morgan fingerprint density at radius 3 is 2.48 bits per heavy atom. The minimum Gasteiger partial charge on any atom is -0.497 e. The topological polar surface area (TPSA) is 58.0 Å². The number of aromatic amines is 1. The van der Waals surface area contributed by atoms with E-state index in [2.05, 4.69) is 11.1 Å². The Bertz CT molecular complexity index is 844. The molecule has 1 heterocycles. The Morgan fingerprint density at radius 1 is 1.00 bits per heavy atom. The third-order valence-corrected chi connectivity index (χ3v) is 3.48. The van der Waals surface area contributed by atoms with Crippen molar-refractivity contribution in [2.24, 2.45) is 0 Å². The van der Waals surface area contributed by atoms with Crippen LogP contribution in [0.25, 0.3) is 22.2 Å². The number of H-pyrrole nitrogens is 1. The predicted molar refractivity (Wildman–Crippen MR) is 81.6 cm³/mol. The predicted octanol–water partition coefficient (Wildman–Crippen LogP) is 3.72. The van der Waals surface area contributed by atoms with Crippen LogP contribution in [0.1, 0.15) is 5.56 Å². The van der Waals surface area contributed by atoms with Crippen molar-refractivity contribution >= 4 is 10.9 Å². The van der Waals surface area contributed by atoms with Gasteiger partial charge in [0.1, 0.15) is 17.6 Å². The van der Waals surface area contributed by atoms with Gasteiger partial charge in [-0.1, -0.05) is 12.1 Å². The fraction of sp³-hybridized carbons (Fsp3) is 0.118. The average molecular weight is 278 g/mol. The summed E-state index contributed by atoms with van der Waals surface area (Å²) in [6, 6.07) is 15.6. The fourth-order valence-corrected chi connectivity index (χ4v) is 2.41. The van der Waals surface area contributed by atoms with E-state index in [0.29, 0.717) is 5.56 Å². The van der Waals surface area contributed by atoms with Crippen LogP contribution in [0, 0.1) is 11.3 Å². The van der Waals surface area contributed by atoms with Gasteiger partial charge in [-0.25, -0.2) is 0 Å². The van der Waals surface area contributed by atoms with E-state index in [1.54, 1.807) is 14.2 Å². The van der Waals surface area contributed by atoms with E-state index >= 15 is 0 Å². The highest BCUT2D eigenvalue weighted by atomic mass is 16.5. The number of fused-ring (bicyclic) bond motifs is 1. The number of nitrogens with one attached hydrogen (secondary N) is 1. The summed E-state index contributed by atoms with van der Waals surface area (Å²) in [5.74, 6) is 1.49. The Morgan fingerprint density at radius 2 is 1.76 bits per heavy atom. The molecule has 0 aliphatic heterocycles. The van der Waals surface area contributed by atoms with E-state index in [1.807, 2.05) is 42.5 Å². The molecule has 0 aliphatic rings. The SMILES string of the molecule is COc1cccc(-c2[nH]c3ccc(OC)cc3c2C#N)c1. The second-order valence-electron chi connectivity index (χ2n) is 4.63. The molecule has 4 nitrogen and oxygen atoms in total. The zero-order valence-electron chi connectivity index (χ0n) is 11.8. The number of nitriles is 1. The first-order valence-electron chi connectivity index (χ1n) is 6.51. The summed E-state index contributed by atoms with van der Waals surface area (Å²) in [4.78, 5) is 3.30. The Balaban J connectivity index is 2.25. The molecule has 0 aliphatic carbocycles. The van der Waals surface area contributed by atoms with Gasteiger partial charge in [-0.2, -0.15) is 5.26 Å². The lowest BCUT2D eigenvalue weighted by molar-refractivity contribution is 0.415. The lowest BCUT2D eigenvalue weighted by atomic mass is 10.1. The van der Waals surface area contributed by atoms with Crippen LogP contribution >= 0.6 is 0 Å². The molecule has 0 atom stereocenters. The molecule has 0 amide bonds. The number of nitrogens with zero attached hydrogens (tertiary/aromatic N) is 1. The van der Waals surface area contributed by atoms with Gasteiger partial charge in [-0.3, -0.25) is 0 Å². The molecule has 0 spiro atoms. The molecular formula is C17H14N2O2. The van der Waals surface area contributed by atoms with E-state index in [-0.39, 0.29) is 0 Å². The Kier molecular flexibility index (Phi) is 3.25. The molecular weight excluding hydrogens is 264 g/mol. The molecule has 1 N–H and O–H groups in total. The first kappa shape index (κ1) is 13.1. The summed E-state index contributed by atoms with van der Waals surface area (Å²) in [5, 5.41) is 10.4. The summed E-state index contributed by atoms with van der Waals surface area (Å²) in [6.45, 7) is 0. The highest BCUT2D eigenvalue weighted by Crippen LogP contribution is 2.33. The van der Waals surface area contributed by atoms with Crippen molar-refractivity contribution < 1.29 is 9.47 Å². The number of methoxy groups -OCH3 is 2. The third kappa shape index (κ3) is 2.19. The highest BCUT2D eigenvalue weighted by Gasteiger charge is 2.14. The van der Waals surface area contributed by atoms with Crippen LogP contribution in [-0.2, 0) is 0 Å². The van der Waals surface area contributed by atoms with Gasteiger partial charge in [-0.05, 0) is 30.3 Å². The van der Waals surface area contributed by atoms with Gasteiger partial charge in [0.15, 0.2) is 0 Å². The van der Waals surface area contributed by atoms with Gasteiger partial charge in [0.05, 0.1) is 25.5 Å². The number of hydrogen-bond donors (Lipinski definition) is 1. The summed E-state index contributed by atoms with van der Waals surface area (Å²) in [6.07, 6.45) is 0. The molecule has 104 valence electrons. The van der Waals surface area contributed by atoms with Crippen molar-refractivity contribution in [1.29, 1.82) is 5.26 Å². The van der Waals surface area contributed by atoms with Crippen molar-refractivity contribution in [2.45, 2.75) is 0 Å². The molecule has 3 aromatic rings. The zero-order chi connectivity index (χ0) is 14.8. The molecule has 3 rings (SSSR count). The maximum Gasteiger partial charge on any atom is 0.119 e. The number of rotatable bonds is 3. The van der Waals surface area contributed by atoms with Crippen molar-refractivity contribution in [3.8, 4) is 28.8 Å². The molecule has 0 bridgehead atoms. The van der Waals surface area contributed by atoms with E-state index in [4.69, 9.17) is 9.47 Å². The van der Waals surface area contributed by atoms with E-state index in [9.17, 15) is 5.26 Å². The first-order valence-corrected chi connectivity index (χ1v) is 6.51. The van der Waals surface area contributed by atoms with Crippen LogP contribution in [0.3, 0.4) is 0 Å². The Hall–Kier alpha value is -2.93. The normalized spacial score (nSPS) is 10.3. The van der Waals surface area contributed by atoms with Crippen molar-refractivity contribution in [2.75, 3.05) is 14.2 Å². The summed E-state index contributed by atoms with van der Waals surface area (Å²) < 4.78 is 10.5. The number of aromatic nitrogens is 1. The lowest BCUT2D eigenvalue weighted by Crippen LogP contribution is -1.85. The number of benzene rings is 2. The molecule has 2 aromatic carbocycles. The molecule has 0 fully saturated rings. The maximum absolute atomic E-state index is 9.51. The Labute approximate surface area is 122 Å². The van der Waals surface area contributed by atoms with E-state index in [0.717, 1.165) is 33.7 Å². The molecule has 0 unspecified atom stereocenters. The van der Waals surface area contributed by atoms with Crippen LogP contribution in [0.4, 0.5) is 0 Å². The van der Waals surface area contributed by atoms with Gasteiger partial charge < -0.3 is 14.5 Å². The lowest BCUT2D eigenvalue weighted by Gasteiger charge is -2.03. The second kappa shape index (κ2) is 5.22. The van der Waals surface area contributed by atoms with Crippen LogP contribution in [0.15, 0.2) is 42.5 Å². The minimum atomic E-state index is 0.608. The van der Waals surface area contributed by atoms with Gasteiger partial charge in [0.25, 0.3) is 0 Å². The monoisotopic (exact) mass is 278 g/mol. The van der Waals surface area contributed by atoms with Crippen molar-refractivity contribution in [3.05, 3.63) is 48.0 Å². The second-order valence-corrected chi connectivity index (χ2v) is 4.63. The van der Waals surface area contributed by atoms with E-state index < -0.39 is 0 Å². The van der Waals surface area contributed by atoms with E-state index in [1.165, 1.54) is 0 Å². The minimum absolute atomic E-state index is 0.608. The first-order chi connectivity index (χ1) is 10.3. The van der Waals surface area contributed by atoms with Crippen LogP contribution in [0.2, 0.25) is 0 Å². The van der Waals surface area contributed by atoms with Gasteiger partial charge in [0.2, 0.25) is 0 Å². The molecule has 4 heteroatoms. The summed E-state index contributed by atoms with van der Waals surface area (Å²) in [7, 11) is 3.24. The van der Waals surface area contributed by atoms with Gasteiger partial charge in [0, 0.05) is 16.5 Å². The highest BCUT2D eigenvalue weighted by molar-refractivity contribution is 5.94. The fourth-order valence-electron chi connectivity index (χ4n) is 2.41. The maximum atomic E-state index is 9.51. The van der Waals surface area contributed by atoms with Crippen LogP contribution in [0.5, 0.6) is 11.5 Å². The van der Waals surface area contributed by atoms with Crippen molar-refractivity contribution in [1.82, 2.24) is 4.98 Å². The quantitative estimate of drug-likeness (QED) is 0.794. The van der Waals surface area contributed by atoms with Crippen molar-refractivity contribution in [3.63, 3.8) is 0 Å². The zero-order valence-corrected chi connectivity index (χ0v) is 11.8. The molecule has 0 saturated heterocycles. The van der Waals surface area contributed by atoms with Crippen LogP contribution in [-0.4, -0.2) is 19.2 Å². The van der Waals surface area contributed by atoms with Gasteiger partial charge in [-0.15, -0.1) is 0 Å². The molecule has 1 aromatic heterocycles. The molecule has 21 heavy (non-hydrogen) atoms. The average Bonchev–Trinajstić information content (AvgIpc) is 2.92. The molecule has 0 radical (unpaired) electrons. The summed E-state index contributed by atoms with van der Waals surface area (Å²) in [5.41, 5.74) is 3.23. The number of hydrogen-bond acceptors (Lipinski definition) is 3. The third-order valence-electron chi connectivity index (χ3n) is 3.48. The smallest absolute Gasteiger partial charge is 0.119 e. The number of ether oxygens (including phenoxy) is 2. The van der Waals surface area contributed by atoms with Crippen LogP contribution < -0.4 is 9.47 Å². The molecule has 0 saturated carbocycles. The summed E-state index contributed by atoms with van der Waals surface area (Å²) >= 11 is 0. The largest absolute Gasteiger partial charge is 0.497 e.